The van der Waals surface area contributed by atoms with E-state index in [1.54, 1.807) is 6.07 Å². The van der Waals surface area contributed by atoms with Gasteiger partial charge < -0.3 is 20.3 Å². The highest BCUT2D eigenvalue weighted by Crippen LogP contribution is 2.26. The van der Waals surface area contributed by atoms with Crippen LogP contribution in [0.1, 0.15) is 5.56 Å². The van der Waals surface area contributed by atoms with E-state index >= 15 is 0 Å². The van der Waals surface area contributed by atoms with Crippen molar-refractivity contribution in [1.82, 2.24) is 4.90 Å². The van der Waals surface area contributed by atoms with E-state index in [0.717, 1.165) is 17.8 Å². The van der Waals surface area contributed by atoms with Crippen LogP contribution in [0.15, 0.2) is 18.2 Å². The fraction of sp³-hybridized carbons (Fsp3) is 0.429. The first-order chi connectivity index (χ1) is 9.61. The first kappa shape index (κ1) is 13.1. The minimum Gasteiger partial charge on any atom is -0.366 e. The molecule has 0 aliphatic carbocycles. The maximum Gasteiger partial charge on any atom is 0.254 e. The molecule has 1 aromatic rings. The van der Waals surface area contributed by atoms with Crippen molar-refractivity contribution in [3.8, 4) is 0 Å². The quantitative estimate of drug-likeness (QED) is 0.822. The van der Waals surface area contributed by atoms with E-state index in [-0.39, 0.29) is 11.8 Å². The average Bonchev–Trinajstić information content (AvgIpc) is 2.78. The standard InChI is InChI=1S/C14H17N3O3/c1-17-4-5-20-12(8-17)14(19)15-10-2-3-11-9(6-10)7-13(18)16-11/h2-3,6,12H,4-5,7-8H2,1H3,(H,15,19)(H,16,18). The van der Waals surface area contributed by atoms with Crippen LogP contribution < -0.4 is 10.6 Å². The van der Waals surface area contributed by atoms with Gasteiger partial charge in [-0.2, -0.15) is 0 Å². The molecule has 1 fully saturated rings. The van der Waals surface area contributed by atoms with Crippen LogP contribution in [0.25, 0.3) is 0 Å². The van der Waals surface area contributed by atoms with Crippen molar-refractivity contribution in [2.45, 2.75) is 12.5 Å². The molecule has 1 saturated heterocycles. The summed E-state index contributed by atoms with van der Waals surface area (Å²) in [7, 11) is 1.97. The second-order valence-corrected chi connectivity index (χ2v) is 5.21. The Balaban J connectivity index is 1.67. The predicted molar refractivity (Wildman–Crippen MR) is 74.6 cm³/mol. The molecule has 2 N–H and O–H groups in total. The number of rotatable bonds is 2. The number of morpholine rings is 1. The molecule has 0 spiro atoms. The molecular formula is C14H17N3O3. The van der Waals surface area contributed by atoms with Crippen molar-refractivity contribution in [3.05, 3.63) is 23.8 Å². The highest BCUT2D eigenvalue weighted by Gasteiger charge is 2.25. The van der Waals surface area contributed by atoms with Gasteiger partial charge in [0.25, 0.3) is 5.91 Å². The van der Waals surface area contributed by atoms with Crippen LogP contribution >= 0.6 is 0 Å². The summed E-state index contributed by atoms with van der Waals surface area (Å²) < 4.78 is 5.47. The van der Waals surface area contributed by atoms with E-state index < -0.39 is 6.10 Å². The summed E-state index contributed by atoms with van der Waals surface area (Å²) in [6, 6.07) is 5.43. The van der Waals surface area contributed by atoms with E-state index in [4.69, 9.17) is 4.74 Å². The number of likely N-dealkylation sites (N-methyl/N-ethyl adjacent to an activating group) is 1. The Morgan fingerprint density at radius 3 is 3.15 bits per heavy atom. The first-order valence-electron chi connectivity index (χ1n) is 6.65. The SMILES string of the molecule is CN1CCOC(C(=O)Nc2ccc3c(c2)CC(=O)N3)C1. The van der Waals surface area contributed by atoms with Gasteiger partial charge in [-0.1, -0.05) is 0 Å². The monoisotopic (exact) mass is 275 g/mol. The van der Waals surface area contributed by atoms with Gasteiger partial charge in [0.2, 0.25) is 5.91 Å². The molecule has 1 aromatic carbocycles. The summed E-state index contributed by atoms with van der Waals surface area (Å²) in [6.45, 7) is 2.00. The van der Waals surface area contributed by atoms with Gasteiger partial charge in [0.05, 0.1) is 13.0 Å². The van der Waals surface area contributed by atoms with Crippen LogP contribution in [0.5, 0.6) is 0 Å². The summed E-state index contributed by atoms with van der Waals surface area (Å²) in [5.41, 5.74) is 2.43. The number of benzene rings is 1. The van der Waals surface area contributed by atoms with Crippen molar-refractivity contribution < 1.29 is 14.3 Å². The molecule has 6 heteroatoms. The highest BCUT2D eigenvalue weighted by molar-refractivity contribution is 6.00. The normalized spacial score (nSPS) is 22.2. The fourth-order valence-corrected chi connectivity index (χ4v) is 2.47. The summed E-state index contributed by atoms with van der Waals surface area (Å²) in [4.78, 5) is 25.5. The van der Waals surface area contributed by atoms with Crippen LogP contribution in [0, 0.1) is 0 Å². The zero-order valence-electron chi connectivity index (χ0n) is 11.3. The van der Waals surface area contributed by atoms with E-state index in [9.17, 15) is 9.59 Å². The Morgan fingerprint density at radius 1 is 1.50 bits per heavy atom. The third kappa shape index (κ3) is 2.66. The van der Waals surface area contributed by atoms with Gasteiger partial charge in [0.15, 0.2) is 0 Å². The van der Waals surface area contributed by atoms with Gasteiger partial charge >= 0.3 is 0 Å². The number of anilines is 2. The molecule has 6 nitrogen and oxygen atoms in total. The van der Waals surface area contributed by atoms with Crippen molar-refractivity contribution in [2.24, 2.45) is 0 Å². The van der Waals surface area contributed by atoms with Gasteiger partial charge in [-0.15, -0.1) is 0 Å². The summed E-state index contributed by atoms with van der Waals surface area (Å²) >= 11 is 0. The number of ether oxygens (including phenoxy) is 1. The number of amides is 2. The molecule has 106 valence electrons. The van der Waals surface area contributed by atoms with Gasteiger partial charge in [0.1, 0.15) is 6.10 Å². The molecule has 0 saturated carbocycles. The van der Waals surface area contributed by atoms with E-state index in [1.165, 1.54) is 0 Å². The van der Waals surface area contributed by atoms with E-state index in [1.807, 2.05) is 19.2 Å². The molecule has 2 aliphatic heterocycles. The number of fused-ring (bicyclic) bond motifs is 1. The number of nitrogens with zero attached hydrogens (tertiary/aromatic N) is 1. The van der Waals surface area contributed by atoms with Crippen LogP contribution in [0.3, 0.4) is 0 Å². The second kappa shape index (κ2) is 5.22. The highest BCUT2D eigenvalue weighted by atomic mass is 16.5. The Hall–Kier alpha value is -1.92. The smallest absolute Gasteiger partial charge is 0.254 e. The first-order valence-corrected chi connectivity index (χ1v) is 6.65. The maximum atomic E-state index is 12.1. The molecule has 1 atom stereocenters. The zero-order chi connectivity index (χ0) is 14.1. The lowest BCUT2D eigenvalue weighted by Gasteiger charge is -2.29. The molecule has 2 heterocycles. The van der Waals surface area contributed by atoms with Crippen molar-refractivity contribution in [1.29, 1.82) is 0 Å². The molecule has 2 amide bonds. The lowest BCUT2D eigenvalue weighted by Crippen LogP contribution is -2.46. The van der Waals surface area contributed by atoms with Crippen LogP contribution in [-0.4, -0.2) is 49.6 Å². The minimum atomic E-state index is -0.443. The maximum absolute atomic E-state index is 12.1. The Bertz CT molecular complexity index is 559. The Kier molecular flexibility index (Phi) is 3.42. The second-order valence-electron chi connectivity index (χ2n) is 5.21. The number of hydrogen-bond donors (Lipinski definition) is 2. The largest absolute Gasteiger partial charge is 0.366 e. The molecule has 0 aromatic heterocycles. The topological polar surface area (TPSA) is 70.7 Å². The van der Waals surface area contributed by atoms with Crippen LogP contribution in [-0.2, 0) is 20.7 Å². The summed E-state index contributed by atoms with van der Waals surface area (Å²) in [5.74, 6) is -0.158. The van der Waals surface area contributed by atoms with E-state index in [0.29, 0.717) is 25.3 Å². The predicted octanol–water partition coefficient (Wildman–Crippen LogP) is 0.450. The number of hydrogen-bond acceptors (Lipinski definition) is 4. The zero-order valence-corrected chi connectivity index (χ0v) is 11.3. The average molecular weight is 275 g/mol. The molecule has 20 heavy (non-hydrogen) atoms. The van der Waals surface area contributed by atoms with Gasteiger partial charge in [-0.25, -0.2) is 0 Å². The lowest BCUT2D eigenvalue weighted by molar-refractivity contribution is -0.132. The van der Waals surface area contributed by atoms with Gasteiger partial charge in [-0.05, 0) is 30.8 Å². The minimum absolute atomic E-state index is 0.0132. The van der Waals surface area contributed by atoms with E-state index in [2.05, 4.69) is 15.5 Å². The van der Waals surface area contributed by atoms with Gasteiger partial charge in [0, 0.05) is 24.5 Å². The van der Waals surface area contributed by atoms with Crippen molar-refractivity contribution in [3.63, 3.8) is 0 Å². The van der Waals surface area contributed by atoms with Crippen LogP contribution in [0.4, 0.5) is 11.4 Å². The molecular weight excluding hydrogens is 258 g/mol. The molecule has 0 radical (unpaired) electrons. The molecule has 3 rings (SSSR count). The summed E-state index contributed by atoms with van der Waals surface area (Å²) in [6.07, 6.45) is -0.0800. The molecule has 2 aliphatic rings. The Morgan fingerprint density at radius 2 is 2.35 bits per heavy atom. The number of carbonyl (C=O) groups excluding carboxylic acids is 2. The fourth-order valence-electron chi connectivity index (χ4n) is 2.47. The number of nitrogens with one attached hydrogen (secondary N) is 2. The third-order valence-electron chi connectivity index (χ3n) is 3.56. The van der Waals surface area contributed by atoms with Crippen LogP contribution in [0.2, 0.25) is 0 Å². The molecule has 0 bridgehead atoms. The van der Waals surface area contributed by atoms with Crippen molar-refractivity contribution in [2.75, 3.05) is 37.4 Å². The lowest BCUT2D eigenvalue weighted by atomic mass is 10.1. The number of carbonyl (C=O) groups is 2. The summed E-state index contributed by atoms with van der Waals surface area (Å²) in [5, 5.41) is 5.61. The van der Waals surface area contributed by atoms with Gasteiger partial charge in [-0.3, -0.25) is 9.59 Å². The Labute approximate surface area is 117 Å². The third-order valence-corrected chi connectivity index (χ3v) is 3.56. The van der Waals surface area contributed by atoms with Crippen molar-refractivity contribution >= 4 is 23.2 Å². The molecule has 1 unspecified atom stereocenters.